The first-order valence-electron chi connectivity index (χ1n) is 12.6. The summed E-state index contributed by atoms with van der Waals surface area (Å²) in [4.78, 5) is 25.0. The maximum absolute atomic E-state index is 12.6. The minimum atomic E-state index is -0.382. The van der Waals surface area contributed by atoms with Crippen LogP contribution in [0.25, 0.3) is 10.9 Å². The van der Waals surface area contributed by atoms with Gasteiger partial charge in [0.25, 0.3) is 5.91 Å². The highest BCUT2D eigenvalue weighted by atomic mass is 35.5. The zero-order valence-corrected chi connectivity index (χ0v) is 23.2. The first-order chi connectivity index (χ1) is 19.4. The molecule has 0 fully saturated rings. The van der Waals surface area contributed by atoms with E-state index in [2.05, 4.69) is 28.2 Å². The molecule has 8 heteroatoms. The molecular weight excluding hydrogens is 547 g/mol. The quantitative estimate of drug-likeness (QED) is 0.187. The van der Waals surface area contributed by atoms with E-state index >= 15 is 0 Å². The Morgan fingerprint density at radius 2 is 1.65 bits per heavy atom. The van der Waals surface area contributed by atoms with Gasteiger partial charge in [0.05, 0.1) is 28.9 Å². The van der Waals surface area contributed by atoms with Crippen LogP contribution in [0.3, 0.4) is 0 Å². The number of benzene rings is 4. The summed E-state index contributed by atoms with van der Waals surface area (Å²) in [7, 11) is 1.38. The van der Waals surface area contributed by atoms with Crippen LogP contribution in [0.15, 0.2) is 97.2 Å². The fourth-order valence-electron chi connectivity index (χ4n) is 4.60. The summed E-state index contributed by atoms with van der Waals surface area (Å²) >= 11 is 12.1. The van der Waals surface area contributed by atoms with Crippen molar-refractivity contribution in [2.24, 2.45) is 0 Å². The summed E-state index contributed by atoms with van der Waals surface area (Å²) in [5, 5.41) is 4.63. The molecule has 0 atom stereocenters. The average molecular weight is 573 g/mol. The van der Waals surface area contributed by atoms with Crippen LogP contribution in [0, 0.1) is 0 Å². The summed E-state index contributed by atoms with van der Waals surface area (Å²) < 4.78 is 12.9. The van der Waals surface area contributed by atoms with Gasteiger partial charge in [0.2, 0.25) is 0 Å². The normalized spacial score (nSPS) is 10.9. The van der Waals surface area contributed by atoms with Crippen molar-refractivity contribution >= 4 is 51.7 Å². The van der Waals surface area contributed by atoms with Gasteiger partial charge in [-0.1, -0.05) is 71.7 Å². The molecular formula is C32H26Cl2N2O4. The number of carbonyl (C=O) groups excluding carboxylic acids is 2. The number of fused-ring (bicyclic) bond motifs is 1. The molecule has 0 aliphatic carbocycles. The number of carbonyl (C=O) groups is 2. The molecule has 1 amide bonds. The number of aromatic nitrogens is 1. The highest BCUT2D eigenvalue weighted by Gasteiger charge is 2.16. The number of esters is 1. The topological polar surface area (TPSA) is 69.6 Å². The summed E-state index contributed by atoms with van der Waals surface area (Å²) in [6.07, 6.45) is 2.85. The Hall–Kier alpha value is -4.26. The number of nitrogens with one attached hydrogen (secondary N) is 1. The smallest absolute Gasteiger partial charge is 0.338 e. The van der Waals surface area contributed by atoms with Crippen LogP contribution in [0.2, 0.25) is 10.0 Å². The first-order valence-corrected chi connectivity index (χ1v) is 13.4. The molecule has 0 aliphatic rings. The number of amides is 1. The van der Waals surface area contributed by atoms with Crippen molar-refractivity contribution < 1.29 is 19.1 Å². The van der Waals surface area contributed by atoms with Crippen LogP contribution < -0.4 is 10.1 Å². The van der Waals surface area contributed by atoms with Crippen molar-refractivity contribution in [3.05, 3.63) is 129 Å². The summed E-state index contributed by atoms with van der Waals surface area (Å²) in [6, 6.07) is 28.3. The zero-order valence-electron chi connectivity index (χ0n) is 21.7. The van der Waals surface area contributed by atoms with E-state index < -0.39 is 0 Å². The maximum atomic E-state index is 12.6. The maximum Gasteiger partial charge on any atom is 0.338 e. The zero-order chi connectivity index (χ0) is 28.1. The number of halogens is 2. The van der Waals surface area contributed by atoms with E-state index in [-0.39, 0.29) is 18.5 Å². The van der Waals surface area contributed by atoms with E-state index in [4.69, 9.17) is 32.7 Å². The fraction of sp³-hybridized carbons (Fsp3) is 0.125. The van der Waals surface area contributed by atoms with E-state index in [9.17, 15) is 9.59 Å². The predicted molar refractivity (Wildman–Crippen MR) is 159 cm³/mol. The summed E-state index contributed by atoms with van der Waals surface area (Å²) in [6.45, 7) is 0.253. The number of nitrogens with zero attached hydrogens (tertiary/aromatic N) is 1. The van der Waals surface area contributed by atoms with Gasteiger partial charge in [0.15, 0.2) is 6.61 Å². The molecule has 5 aromatic rings. The number of anilines is 1. The van der Waals surface area contributed by atoms with Crippen LogP contribution >= 0.6 is 23.2 Å². The third-order valence-corrected chi connectivity index (χ3v) is 7.06. The molecule has 0 saturated heterocycles. The van der Waals surface area contributed by atoms with Crippen molar-refractivity contribution in [2.45, 2.75) is 13.0 Å². The monoisotopic (exact) mass is 572 g/mol. The molecule has 0 saturated carbocycles. The summed E-state index contributed by atoms with van der Waals surface area (Å²) in [5.41, 5.74) is 5.06. The van der Waals surface area contributed by atoms with Gasteiger partial charge in [-0.3, -0.25) is 4.79 Å². The van der Waals surface area contributed by atoms with E-state index in [0.29, 0.717) is 33.6 Å². The molecule has 0 aliphatic heterocycles. The minimum Gasteiger partial charge on any atom is -0.484 e. The van der Waals surface area contributed by atoms with E-state index in [1.807, 2.05) is 54.6 Å². The largest absolute Gasteiger partial charge is 0.484 e. The standard InChI is InChI=1S/C32H26Cl2N2O4/c1-39-32(38)27-10-6-5-9-22(27)18-36-19-23(15-21-7-3-2-4-8-21)26-13-12-25(17-30(26)36)40-20-31(37)35-29-14-11-24(33)16-28(29)34/h2-14,16-17,19H,15,18,20H2,1H3,(H,35,37). The van der Waals surface area contributed by atoms with Gasteiger partial charge in [-0.15, -0.1) is 0 Å². The Bertz CT molecular complexity index is 1680. The van der Waals surface area contributed by atoms with Crippen molar-refractivity contribution in [2.75, 3.05) is 19.0 Å². The highest BCUT2D eigenvalue weighted by Crippen LogP contribution is 2.29. The molecule has 40 heavy (non-hydrogen) atoms. The van der Waals surface area contributed by atoms with Gasteiger partial charge in [0.1, 0.15) is 5.75 Å². The van der Waals surface area contributed by atoms with Gasteiger partial charge in [0, 0.05) is 29.2 Å². The number of hydrogen-bond donors (Lipinski definition) is 1. The second-order valence-corrected chi connectivity index (χ2v) is 10.1. The predicted octanol–water partition coefficient (Wildman–Crippen LogP) is 7.39. The molecule has 0 bridgehead atoms. The number of rotatable bonds is 9. The average Bonchev–Trinajstić information content (AvgIpc) is 3.29. The lowest BCUT2D eigenvalue weighted by Crippen LogP contribution is -2.20. The second-order valence-electron chi connectivity index (χ2n) is 9.23. The Kier molecular flexibility index (Phi) is 8.39. The molecule has 0 unspecified atom stereocenters. The van der Waals surface area contributed by atoms with Crippen LogP contribution in [-0.2, 0) is 22.5 Å². The lowest BCUT2D eigenvalue weighted by Gasteiger charge is -2.12. The highest BCUT2D eigenvalue weighted by molar-refractivity contribution is 6.36. The van der Waals surface area contributed by atoms with E-state index in [1.165, 1.54) is 12.7 Å². The molecule has 1 heterocycles. The van der Waals surface area contributed by atoms with Crippen molar-refractivity contribution in [1.82, 2.24) is 4.57 Å². The minimum absolute atomic E-state index is 0.201. The van der Waals surface area contributed by atoms with Crippen molar-refractivity contribution in [3.63, 3.8) is 0 Å². The SMILES string of the molecule is COC(=O)c1ccccc1Cn1cc(Cc2ccccc2)c2ccc(OCC(=O)Nc3ccc(Cl)cc3Cl)cc21. The molecule has 4 aromatic carbocycles. The van der Waals surface area contributed by atoms with Gasteiger partial charge in [-0.25, -0.2) is 4.79 Å². The van der Waals surface area contributed by atoms with Crippen LogP contribution in [0.4, 0.5) is 5.69 Å². The Labute approximate surface area is 242 Å². The van der Waals surface area contributed by atoms with E-state index in [0.717, 1.165) is 28.5 Å². The Balaban J connectivity index is 1.43. The number of ether oxygens (including phenoxy) is 2. The molecule has 202 valence electrons. The molecule has 0 spiro atoms. The van der Waals surface area contributed by atoms with Crippen molar-refractivity contribution in [3.8, 4) is 5.75 Å². The molecule has 6 nitrogen and oxygen atoms in total. The van der Waals surface area contributed by atoms with Gasteiger partial charge >= 0.3 is 5.97 Å². The van der Waals surface area contributed by atoms with Crippen LogP contribution in [-0.4, -0.2) is 30.2 Å². The first kappa shape index (κ1) is 27.3. The number of hydrogen-bond acceptors (Lipinski definition) is 4. The third kappa shape index (κ3) is 6.30. The lowest BCUT2D eigenvalue weighted by atomic mass is 10.0. The molecule has 5 rings (SSSR count). The van der Waals surface area contributed by atoms with Gasteiger partial charge in [-0.05, 0) is 59.5 Å². The Morgan fingerprint density at radius 1 is 0.875 bits per heavy atom. The molecule has 1 aromatic heterocycles. The van der Waals surface area contributed by atoms with Crippen LogP contribution in [0.1, 0.15) is 27.0 Å². The van der Waals surface area contributed by atoms with Gasteiger partial charge in [-0.2, -0.15) is 0 Å². The lowest BCUT2D eigenvalue weighted by molar-refractivity contribution is -0.118. The van der Waals surface area contributed by atoms with Gasteiger partial charge < -0.3 is 19.4 Å². The van der Waals surface area contributed by atoms with Crippen LogP contribution in [0.5, 0.6) is 5.75 Å². The molecule has 0 radical (unpaired) electrons. The fourth-order valence-corrected chi connectivity index (χ4v) is 5.06. The number of methoxy groups -OCH3 is 1. The van der Waals surface area contributed by atoms with Crippen molar-refractivity contribution in [1.29, 1.82) is 0 Å². The summed E-state index contributed by atoms with van der Waals surface area (Å²) in [5.74, 6) is -0.194. The Morgan fingerprint density at radius 3 is 2.42 bits per heavy atom. The third-order valence-electron chi connectivity index (χ3n) is 6.51. The molecule has 1 N–H and O–H groups in total. The van der Waals surface area contributed by atoms with E-state index in [1.54, 1.807) is 24.3 Å². The second kappa shape index (κ2) is 12.3.